The number of benzene rings is 2. The number of carbonyl (C=O) groups is 2. The number of hydrazone groups is 1. The van der Waals surface area contributed by atoms with Gasteiger partial charge in [0.25, 0.3) is 11.8 Å². The summed E-state index contributed by atoms with van der Waals surface area (Å²) in [5.74, 6) is 0.363. The molecule has 0 spiro atoms. The van der Waals surface area contributed by atoms with Crippen LogP contribution in [0.1, 0.15) is 29.5 Å². The summed E-state index contributed by atoms with van der Waals surface area (Å²) in [6, 6.07) is 15.7. The molecular formula is C25H24N2O3. The van der Waals surface area contributed by atoms with Crippen LogP contribution in [0.15, 0.2) is 65.8 Å². The first kappa shape index (κ1) is 18.8. The molecule has 6 rings (SSSR count). The molecule has 5 nitrogen and oxygen atoms in total. The zero-order valence-corrected chi connectivity index (χ0v) is 16.9. The van der Waals surface area contributed by atoms with E-state index < -0.39 is 0 Å². The number of hydrogen-bond acceptors (Lipinski definition) is 4. The van der Waals surface area contributed by atoms with E-state index in [0.29, 0.717) is 6.61 Å². The summed E-state index contributed by atoms with van der Waals surface area (Å²) in [7, 11) is 0. The van der Waals surface area contributed by atoms with Crippen molar-refractivity contribution in [1.29, 1.82) is 0 Å². The minimum Gasteiger partial charge on any atom is -0.489 e. The van der Waals surface area contributed by atoms with E-state index >= 15 is 0 Å². The molecule has 2 aromatic carbocycles. The summed E-state index contributed by atoms with van der Waals surface area (Å²) in [4.78, 5) is 25.6. The Morgan fingerprint density at radius 1 is 0.933 bits per heavy atom. The van der Waals surface area contributed by atoms with Gasteiger partial charge in [0.1, 0.15) is 12.4 Å². The van der Waals surface area contributed by atoms with Gasteiger partial charge in [-0.3, -0.25) is 9.59 Å². The van der Waals surface area contributed by atoms with Gasteiger partial charge < -0.3 is 4.74 Å². The van der Waals surface area contributed by atoms with Gasteiger partial charge >= 0.3 is 0 Å². The van der Waals surface area contributed by atoms with E-state index in [-0.39, 0.29) is 35.5 Å². The Hall–Kier alpha value is -3.21. The molecule has 0 unspecified atom stereocenters. The number of rotatable bonds is 5. The fraction of sp³-hybridized carbons (Fsp3) is 0.320. The smallest absolute Gasteiger partial charge is 0.254 e. The average molecular weight is 400 g/mol. The van der Waals surface area contributed by atoms with Crippen molar-refractivity contribution in [3.05, 3.63) is 77.4 Å². The molecule has 3 aliphatic carbocycles. The van der Waals surface area contributed by atoms with Crippen molar-refractivity contribution in [1.82, 2.24) is 5.01 Å². The van der Waals surface area contributed by atoms with E-state index in [2.05, 4.69) is 48.4 Å². The molecule has 2 fully saturated rings. The van der Waals surface area contributed by atoms with Crippen LogP contribution in [0, 0.1) is 30.6 Å². The summed E-state index contributed by atoms with van der Waals surface area (Å²) < 4.78 is 5.82. The van der Waals surface area contributed by atoms with Gasteiger partial charge in [-0.2, -0.15) is 10.1 Å². The van der Waals surface area contributed by atoms with Crippen LogP contribution in [-0.4, -0.2) is 23.0 Å². The molecule has 2 aromatic rings. The van der Waals surface area contributed by atoms with Gasteiger partial charge in [-0.25, -0.2) is 0 Å². The third-order valence-electron chi connectivity index (χ3n) is 6.46. The summed E-state index contributed by atoms with van der Waals surface area (Å²) in [5.41, 5.74) is 3.15. The van der Waals surface area contributed by atoms with Gasteiger partial charge in [-0.1, -0.05) is 42.0 Å². The Bertz CT molecular complexity index is 991. The lowest BCUT2D eigenvalue weighted by atomic mass is 9.63. The van der Waals surface area contributed by atoms with Crippen molar-refractivity contribution in [2.24, 2.45) is 28.8 Å². The molecule has 30 heavy (non-hydrogen) atoms. The van der Waals surface area contributed by atoms with Crippen LogP contribution in [0.2, 0.25) is 0 Å². The normalized spacial score (nSPS) is 27.2. The van der Waals surface area contributed by atoms with Crippen molar-refractivity contribution in [3.63, 3.8) is 0 Å². The standard InChI is InChI=1S/C25H24N2O3/c1-16-2-4-18(5-3-16)15-30-21-12-6-17(7-13-21)14-26-27-24(28)22-19-8-9-20(11-10-19)23(22)25(27)29/h2-9,12-14,19-20,22-23H,10-11,15H2,1H3/b26-14-/t19-,20-,22+,23+/m0/s1. The Balaban J connectivity index is 1.23. The molecule has 1 saturated carbocycles. The molecule has 2 bridgehead atoms. The number of allylic oxidation sites excluding steroid dienone is 2. The molecule has 152 valence electrons. The molecule has 2 amide bonds. The van der Waals surface area contributed by atoms with Gasteiger partial charge in [0.05, 0.1) is 18.1 Å². The van der Waals surface area contributed by atoms with E-state index in [1.54, 1.807) is 6.21 Å². The van der Waals surface area contributed by atoms with Gasteiger partial charge in [-0.15, -0.1) is 0 Å². The van der Waals surface area contributed by atoms with Crippen molar-refractivity contribution in [2.75, 3.05) is 0 Å². The van der Waals surface area contributed by atoms with Crippen molar-refractivity contribution >= 4 is 18.0 Å². The monoisotopic (exact) mass is 400 g/mol. The maximum Gasteiger partial charge on any atom is 0.254 e. The largest absolute Gasteiger partial charge is 0.489 e. The number of carbonyl (C=O) groups excluding carboxylic acids is 2. The minimum absolute atomic E-state index is 0.154. The third-order valence-corrected chi connectivity index (χ3v) is 6.46. The van der Waals surface area contributed by atoms with E-state index in [9.17, 15) is 9.59 Å². The lowest BCUT2D eigenvalue weighted by molar-refractivity contribution is -0.140. The molecule has 1 saturated heterocycles. The van der Waals surface area contributed by atoms with Crippen LogP contribution in [-0.2, 0) is 16.2 Å². The van der Waals surface area contributed by atoms with Crippen LogP contribution in [0.25, 0.3) is 0 Å². The van der Waals surface area contributed by atoms with E-state index in [1.807, 2.05) is 24.3 Å². The fourth-order valence-corrected chi connectivity index (χ4v) is 4.80. The van der Waals surface area contributed by atoms with Gasteiger partial charge in [0.2, 0.25) is 0 Å². The molecule has 4 aliphatic rings. The lowest BCUT2D eigenvalue weighted by Crippen LogP contribution is -2.38. The predicted octanol–water partition coefficient (Wildman–Crippen LogP) is 4.11. The van der Waals surface area contributed by atoms with E-state index in [0.717, 1.165) is 34.7 Å². The Morgan fingerprint density at radius 3 is 2.10 bits per heavy atom. The number of nitrogens with zero attached hydrogens (tertiary/aromatic N) is 2. The zero-order valence-electron chi connectivity index (χ0n) is 16.9. The molecule has 4 atom stereocenters. The highest BCUT2D eigenvalue weighted by Crippen LogP contribution is 2.49. The van der Waals surface area contributed by atoms with Crippen LogP contribution in [0.5, 0.6) is 5.75 Å². The molecule has 1 heterocycles. The number of aryl methyl sites for hydroxylation is 1. The van der Waals surface area contributed by atoms with Crippen molar-refractivity contribution in [2.45, 2.75) is 26.4 Å². The molecule has 0 radical (unpaired) electrons. The molecule has 5 heteroatoms. The van der Waals surface area contributed by atoms with E-state index in [4.69, 9.17) is 4.74 Å². The quantitative estimate of drug-likeness (QED) is 0.431. The van der Waals surface area contributed by atoms with Gasteiger partial charge in [-0.05, 0) is 67.0 Å². The highest BCUT2D eigenvalue weighted by atomic mass is 16.5. The van der Waals surface area contributed by atoms with Crippen molar-refractivity contribution < 1.29 is 14.3 Å². The van der Waals surface area contributed by atoms with Gasteiger partial charge in [0, 0.05) is 0 Å². The predicted molar refractivity (Wildman–Crippen MR) is 114 cm³/mol. The first-order valence-corrected chi connectivity index (χ1v) is 10.5. The second-order valence-electron chi connectivity index (χ2n) is 8.42. The molecule has 1 aliphatic heterocycles. The summed E-state index contributed by atoms with van der Waals surface area (Å²) in [6.07, 6.45) is 7.78. The van der Waals surface area contributed by atoms with Crippen molar-refractivity contribution in [3.8, 4) is 5.75 Å². The Morgan fingerprint density at radius 2 is 1.53 bits per heavy atom. The summed E-state index contributed by atoms with van der Waals surface area (Å²) >= 11 is 0. The second kappa shape index (κ2) is 7.56. The van der Waals surface area contributed by atoms with Crippen LogP contribution < -0.4 is 4.74 Å². The molecular weight excluding hydrogens is 376 g/mol. The highest BCUT2D eigenvalue weighted by molar-refractivity contribution is 6.06. The zero-order chi connectivity index (χ0) is 20.7. The molecule has 0 N–H and O–H groups in total. The summed E-state index contributed by atoms with van der Waals surface area (Å²) in [5, 5.41) is 5.34. The number of fused-ring (bicyclic) bond motifs is 1. The fourth-order valence-electron chi connectivity index (χ4n) is 4.80. The number of ether oxygens (including phenoxy) is 1. The average Bonchev–Trinajstić information content (AvgIpc) is 3.05. The van der Waals surface area contributed by atoms with Crippen LogP contribution >= 0.6 is 0 Å². The lowest BCUT2D eigenvalue weighted by Gasteiger charge is -2.37. The van der Waals surface area contributed by atoms with Gasteiger partial charge in [0.15, 0.2) is 0 Å². The maximum atomic E-state index is 12.8. The number of hydrogen-bond donors (Lipinski definition) is 0. The summed E-state index contributed by atoms with van der Waals surface area (Å²) in [6.45, 7) is 2.56. The second-order valence-corrected chi connectivity index (χ2v) is 8.42. The van der Waals surface area contributed by atoms with E-state index in [1.165, 1.54) is 5.56 Å². The SMILES string of the molecule is Cc1ccc(COc2ccc(/C=N\N3C(=O)[C@H]4[C@H](C3=O)[C@H]3C=C[C@H]4CC3)cc2)cc1. The number of amides is 2. The first-order chi connectivity index (χ1) is 14.6. The Labute approximate surface area is 176 Å². The Kier molecular flexibility index (Phi) is 4.74. The maximum absolute atomic E-state index is 12.8. The van der Waals surface area contributed by atoms with Crippen LogP contribution in [0.4, 0.5) is 0 Å². The van der Waals surface area contributed by atoms with Crippen LogP contribution in [0.3, 0.4) is 0 Å². The minimum atomic E-state index is -0.226. The third kappa shape index (κ3) is 3.34. The highest BCUT2D eigenvalue weighted by Gasteiger charge is 2.56. The molecule has 0 aromatic heterocycles. The topological polar surface area (TPSA) is 59.0 Å². The number of imide groups is 1. The first-order valence-electron chi connectivity index (χ1n) is 10.5.